The molecule has 106 valence electrons. The summed E-state index contributed by atoms with van der Waals surface area (Å²) in [6, 6.07) is 7.01. The van der Waals surface area contributed by atoms with Gasteiger partial charge < -0.3 is 10.1 Å². The Labute approximate surface area is 117 Å². The summed E-state index contributed by atoms with van der Waals surface area (Å²) in [5.41, 5.74) is 2.56. The molecular formula is C17H27NO. The van der Waals surface area contributed by atoms with E-state index in [0.29, 0.717) is 12.1 Å². The van der Waals surface area contributed by atoms with Crippen LogP contribution >= 0.6 is 0 Å². The van der Waals surface area contributed by atoms with Gasteiger partial charge in [0.25, 0.3) is 0 Å². The lowest BCUT2D eigenvalue weighted by atomic mass is 10.1. The smallest absolute Gasteiger partial charge is 0.120 e. The second-order valence-electron chi connectivity index (χ2n) is 5.78. The molecule has 0 spiro atoms. The highest BCUT2D eigenvalue weighted by atomic mass is 16.5. The number of hydrogen-bond acceptors (Lipinski definition) is 2. The summed E-state index contributed by atoms with van der Waals surface area (Å²) in [7, 11) is 0. The van der Waals surface area contributed by atoms with Gasteiger partial charge in [-0.15, -0.1) is 0 Å². The molecule has 1 fully saturated rings. The van der Waals surface area contributed by atoms with Gasteiger partial charge >= 0.3 is 0 Å². The van der Waals surface area contributed by atoms with Crippen molar-refractivity contribution in [2.75, 3.05) is 6.54 Å². The molecule has 2 heteroatoms. The Morgan fingerprint density at radius 1 is 1.05 bits per heavy atom. The molecule has 2 unspecified atom stereocenters. The second-order valence-corrected chi connectivity index (χ2v) is 5.78. The van der Waals surface area contributed by atoms with Crippen molar-refractivity contribution in [3.63, 3.8) is 0 Å². The van der Waals surface area contributed by atoms with Crippen molar-refractivity contribution in [3.05, 3.63) is 29.3 Å². The lowest BCUT2D eigenvalue weighted by Gasteiger charge is -2.27. The molecule has 1 saturated carbocycles. The predicted molar refractivity (Wildman–Crippen MR) is 80.9 cm³/mol. The molecule has 2 rings (SSSR count). The van der Waals surface area contributed by atoms with Gasteiger partial charge in [0.1, 0.15) is 11.9 Å². The monoisotopic (exact) mass is 261 g/mol. The van der Waals surface area contributed by atoms with E-state index < -0.39 is 0 Å². The fourth-order valence-electron chi connectivity index (χ4n) is 3.09. The lowest BCUT2D eigenvalue weighted by molar-refractivity contribution is 0.145. The third-order valence-corrected chi connectivity index (χ3v) is 3.90. The zero-order chi connectivity index (χ0) is 13.7. The minimum Gasteiger partial charge on any atom is -0.489 e. The van der Waals surface area contributed by atoms with Gasteiger partial charge in [-0.1, -0.05) is 25.8 Å². The summed E-state index contributed by atoms with van der Waals surface area (Å²) >= 11 is 0. The molecule has 2 atom stereocenters. The highest BCUT2D eigenvalue weighted by molar-refractivity contribution is 5.33. The van der Waals surface area contributed by atoms with Crippen LogP contribution in [0.3, 0.4) is 0 Å². The highest BCUT2D eigenvalue weighted by Crippen LogP contribution is 2.24. The number of nitrogens with one attached hydrogen (secondary N) is 1. The number of aryl methyl sites for hydroxylation is 2. The van der Waals surface area contributed by atoms with Crippen molar-refractivity contribution in [3.8, 4) is 5.75 Å². The summed E-state index contributed by atoms with van der Waals surface area (Å²) in [5.74, 6) is 1.03. The van der Waals surface area contributed by atoms with Gasteiger partial charge in [-0.25, -0.2) is 0 Å². The standard InChI is InChI=1S/C17H27NO/c1-4-18-16-8-6-5-7-9-17(16)19-15-11-13(2)10-14(3)12-15/h10-12,16-18H,4-9H2,1-3H3. The van der Waals surface area contributed by atoms with E-state index >= 15 is 0 Å². The summed E-state index contributed by atoms with van der Waals surface area (Å²) in [6.45, 7) is 7.47. The molecule has 1 N–H and O–H groups in total. The maximum absolute atomic E-state index is 6.30. The van der Waals surface area contributed by atoms with Gasteiger partial charge in [0.05, 0.1) is 0 Å². The van der Waals surface area contributed by atoms with Crippen LogP contribution in [0.4, 0.5) is 0 Å². The first-order valence-corrected chi connectivity index (χ1v) is 7.67. The molecule has 2 nitrogen and oxygen atoms in total. The molecule has 0 radical (unpaired) electrons. The van der Waals surface area contributed by atoms with Crippen LogP contribution in [0.1, 0.15) is 50.2 Å². The summed E-state index contributed by atoms with van der Waals surface area (Å²) < 4.78 is 6.30. The van der Waals surface area contributed by atoms with E-state index in [0.717, 1.165) is 12.3 Å². The average molecular weight is 261 g/mol. The zero-order valence-electron chi connectivity index (χ0n) is 12.5. The van der Waals surface area contributed by atoms with Gasteiger partial charge in [-0.2, -0.15) is 0 Å². The van der Waals surface area contributed by atoms with Crippen molar-refractivity contribution >= 4 is 0 Å². The Balaban J connectivity index is 2.08. The van der Waals surface area contributed by atoms with Gasteiger partial charge in [0.15, 0.2) is 0 Å². The molecule has 19 heavy (non-hydrogen) atoms. The van der Waals surface area contributed by atoms with Crippen LogP contribution in [0, 0.1) is 13.8 Å². The number of likely N-dealkylation sites (N-methyl/N-ethyl adjacent to an activating group) is 1. The molecule has 1 aromatic carbocycles. The average Bonchev–Trinajstić information content (AvgIpc) is 2.55. The molecule has 1 aliphatic carbocycles. The van der Waals surface area contributed by atoms with E-state index in [4.69, 9.17) is 4.74 Å². The molecule has 0 aromatic heterocycles. The van der Waals surface area contributed by atoms with Crippen LogP contribution in [0.2, 0.25) is 0 Å². The fraction of sp³-hybridized carbons (Fsp3) is 0.647. The van der Waals surface area contributed by atoms with Gasteiger partial charge in [-0.3, -0.25) is 0 Å². The molecule has 1 aromatic rings. The van der Waals surface area contributed by atoms with Gasteiger partial charge in [-0.05, 0) is 62.9 Å². The van der Waals surface area contributed by atoms with Crippen LogP contribution in [0.25, 0.3) is 0 Å². The Bertz CT molecular complexity index is 382. The molecule has 0 aliphatic heterocycles. The van der Waals surface area contributed by atoms with E-state index in [9.17, 15) is 0 Å². The normalized spacial score (nSPS) is 23.9. The molecule has 0 heterocycles. The van der Waals surface area contributed by atoms with Crippen LogP contribution in [-0.2, 0) is 0 Å². The van der Waals surface area contributed by atoms with Crippen LogP contribution in [0.15, 0.2) is 18.2 Å². The molecule has 0 amide bonds. The lowest BCUT2D eigenvalue weighted by Crippen LogP contribution is -2.42. The Kier molecular flexibility index (Phi) is 5.26. The molecule has 1 aliphatic rings. The number of rotatable bonds is 4. The van der Waals surface area contributed by atoms with E-state index in [1.807, 2.05) is 0 Å². The quantitative estimate of drug-likeness (QED) is 0.827. The maximum Gasteiger partial charge on any atom is 0.120 e. The van der Waals surface area contributed by atoms with Crippen LogP contribution < -0.4 is 10.1 Å². The predicted octanol–water partition coefficient (Wildman–Crippen LogP) is 3.99. The van der Waals surface area contributed by atoms with Crippen molar-refractivity contribution in [2.45, 2.75) is 65.0 Å². The molecular weight excluding hydrogens is 234 g/mol. The summed E-state index contributed by atoms with van der Waals surface area (Å²) in [5, 5.41) is 3.60. The first-order chi connectivity index (χ1) is 9.19. The highest BCUT2D eigenvalue weighted by Gasteiger charge is 2.24. The summed E-state index contributed by atoms with van der Waals surface area (Å²) in [4.78, 5) is 0. The fourth-order valence-corrected chi connectivity index (χ4v) is 3.09. The number of benzene rings is 1. The minimum atomic E-state index is 0.323. The van der Waals surface area contributed by atoms with Crippen molar-refractivity contribution in [1.29, 1.82) is 0 Å². The van der Waals surface area contributed by atoms with Crippen molar-refractivity contribution in [1.82, 2.24) is 5.32 Å². The van der Waals surface area contributed by atoms with Gasteiger partial charge in [0.2, 0.25) is 0 Å². The largest absolute Gasteiger partial charge is 0.489 e. The van der Waals surface area contributed by atoms with Crippen molar-refractivity contribution < 1.29 is 4.74 Å². The van der Waals surface area contributed by atoms with Crippen LogP contribution in [0.5, 0.6) is 5.75 Å². The minimum absolute atomic E-state index is 0.323. The van der Waals surface area contributed by atoms with E-state index in [-0.39, 0.29) is 0 Å². The SMILES string of the molecule is CCNC1CCCCCC1Oc1cc(C)cc(C)c1. The number of hydrogen-bond donors (Lipinski definition) is 1. The van der Waals surface area contributed by atoms with Crippen molar-refractivity contribution in [2.24, 2.45) is 0 Å². The maximum atomic E-state index is 6.30. The topological polar surface area (TPSA) is 21.3 Å². The molecule has 0 bridgehead atoms. The first kappa shape index (κ1) is 14.4. The zero-order valence-corrected chi connectivity index (χ0v) is 12.5. The third-order valence-electron chi connectivity index (χ3n) is 3.90. The first-order valence-electron chi connectivity index (χ1n) is 7.67. The Hall–Kier alpha value is -1.02. The van der Waals surface area contributed by atoms with E-state index in [1.165, 1.54) is 43.2 Å². The van der Waals surface area contributed by atoms with E-state index in [1.54, 1.807) is 0 Å². The third kappa shape index (κ3) is 4.24. The summed E-state index contributed by atoms with van der Waals surface area (Å²) in [6.07, 6.45) is 6.69. The second kappa shape index (κ2) is 6.95. The molecule has 0 saturated heterocycles. The van der Waals surface area contributed by atoms with E-state index in [2.05, 4.69) is 44.3 Å². The van der Waals surface area contributed by atoms with Crippen LogP contribution in [-0.4, -0.2) is 18.7 Å². The Morgan fingerprint density at radius 3 is 2.42 bits per heavy atom. The number of ether oxygens (including phenoxy) is 1. The Morgan fingerprint density at radius 2 is 1.74 bits per heavy atom. The van der Waals surface area contributed by atoms with Gasteiger partial charge in [0, 0.05) is 6.04 Å².